The molecule has 0 saturated heterocycles. The lowest BCUT2D eigenvalue weighted by Crippen LogP contribution is -2.57. The van der Waals surface area contributed by atoms with Gasteiger partial charge in [0.25, 0.3) is 0 Å². The summed E-state index contributed by atoms with van der Waals surface area (Å²) in [7, 11) is -0.289. The molecule has 1 fully saturated rings. The van der Waals surface area contributed by atoms with Gasteiger partial charge in [-0.1, -0.05) is 60.1 Å². The molecule has 0 aromatic carbocycles. The number of rotatable bonds is 4. The van der Waals surface area contributed by atoms with Crippen molar-refractivity contribution in [1.82, 2.24) is 0 Å². The third kappa shape index (κ3) is 3.90. The first-order valence-corrected chi connectivity index (χ1v) is 16.7. The first-order valence-electron chi connectivity index (χ1n) is 13.8. The summed E-state index contributed by atoms with van der Waals surface area (Å²) in [5, 5.41) is 0.246. The number of allylic oxidation sites excluding steroid dienone is 4. The van der Waals surface area contributed by atoms with Crippen LogP contribution in [0.3, 0.4) is 0 Å². The van der Waals surface area contributed by atoms with Gasteiger partial charge in [-0.05, 0) is 102 Å². The van der Waals surface area contributed by atoms with E-state index in [9.17, 15) is 4.79 Å². The maximum Gasteiger partial charge on any atom is 0.305 e. The highest BCUT2D eigenvalue weighted by atomic mass is 28.4. The fourth-order valence-corrected chi connectivity index (χ4v) is 9.58. The normalized spacial score (nSPS) is 37.5. The van der Waals surface area contributed by atoms with Crippen LogP contribution in [0.5, 0.6) is 0 Å². The number of methoxy groups -OCH3 is 1. The maximum absolute atomic E-state index is 12.1. The Morgan fingerprint density at radius 2 is 1.74 bits per heavy atom. The Morgan fingerprint density at radius 1 is 1.06 bits per heavy atom. The molecule has 0 radical (unpaired) electrons. The molecular formula is C30H50O3Si. The quantitative estimate of drug-likeness (QED) is 0.296. The van der Waals surface area contributed by atoms with E-state index < -0.39 is 8.32 Å². The Labute approximate surface area is 210 Å². The van der Waals surface area contributed by atoms with Gasteiger partial charge < -0.3 is 9.16 Å². The van der Waals surface area contributed by atoms with Crippen molar-refractivity contribution in [2.75, 3.05) is 7.11 Å². The van der Waals surface area contributed by atoms with Crippen LogP contribution in [-0.2, 0) is 14.0 Å². The zero-order chi connectivity index (χ0) is 25.3. The Kier molecular flexibility index (Phi) is 6.42. The van der Waals surface area contributed by atoms with E-state index in [1.807, 2.05) is 0 Å². The van der Waals surface area contributed by atoms with Crippen molar-refractivity contribution in [1.29, 1.82) is 0 Å². The van der Waals surface area contributed by atoms with Gasteiger partial charge in [0.15, 0.2) is 8.32 Å². The number of esters is 1. The van der Waals surface area contributed by atoms with Crippen molar-refractivity contribution >= 4 is 14.3 Å². The highest BCUT2D eigenvalue weighted by Crippen LogP contribution is 2.66. The molecule has 0 aromatic rings. The summed E-state index contributed by atoms with van der Waals surface area (Å²) < 4.78 is 12.1. The van der Waals surface area contributed by atoms with Crippen molar-refractivity contribution in [2.24, 2.45) is 28.1 Å². The third-order valence-corrected chi connectivity index (χ3v) is 15.9. The standard InChI is InChI=1S/C30H50O3Si/c1-27(2,3)34(9,10)33-25-16-18-30(7)23-15-17-29(6)20(19-26(31)32-8)11-13-22(29)21(23)12-14-24(30)28(25,4)5/h13,20,24-25H,11-12,14-19H2,1-10H3/t20-,24+,25+,29-,30-/m1/s1. The molecule has 0 N–H and O–H groups in total. The first-order chi connectivity index (χ1) is 15.6. The molecule has 4 heteroatoms. The van der Waals surface area contributed by atoms with Gasteiger partial charge in [-0.2, -0.15) is 0 Å². The van der Waals surface area contributed by atoms with Gasteiger partial charge in [-0.15, -0.1) is 0 Å². The largest absolute Gasteiger partial charge is 0.469 e. The fraction of sp³-hybridized carbons (Fsp3) is 0.833. The summed E-state index contributed by atoms with van der Waals surface area (Å²) in [4.78, 5) is 12.1. The van der Waals surface area contributed by atoms with E-state index in [0.29, 0.717) is 24.4 Å². The van der Waals surface area contributed by atoms with E-state index in [-0.39, 0.29) is 27.3 Å². The lowest BCUT2D eigenvalue weighted by molar-refractivity contribution is -0.142. The van der Waals surface area contributed by atoms with Crippen molar-refractivity contribution in [3.63, 3.8) is 0 Å². The number of fused-ring (bicyclic) bond motifs is 4. The Morgan fingerprint density at radius 3 is 2.35 bits per heavy atom. The lowest BCUT2D eigenvalue weighted by atomic mass is 9.46. The van der Waals surface area contributed by atoms with E-state index in [1.54, 1.807) is 16.7 Å². The van der Waals surface area contributed by atoms with Crippen molar-refractivity contribution < 1.29 is 14.0 Å². The van der Waals surface area contributed by atoms with Crippen molar-refractivity contribution in [3.8, 4) is 0 Å². The molecule has 0 spiro atoms. The summed E-state index contributed by atoms with van der Waals surface area (Å²) in [5.41, 5.74) is 5.59. The number of hydrogen-bond acceptors (Lipinski definition) is 3. The number of ether oxygens (including phenoxy) is 1. The van der Waals surface area contributed by atoms with Crippen LogP contribution < -0.4 is 0 Å². The highest BCUT2D eigenvalue weighted by molar-refractivity contribution is 6.74. The van der Waals surface area contributed by atoms with Crippen LogP contribution in [0.1, 0.15) is 99.8 Å². The minimum atomic E-state index is -1.81. The lowest BCUT2D eigenvalue weighted by Gasteiger charge is -2.61. The first kappa shape index (κ1) is 26.2. The molecule has 0 aromatic heterocycles. The molecule has 4 rings (SSSR count). The van der Waals surface area contributed by atoms with Crippen molar-refractivity contribution in [3.05, 3.63) is 22.8 Å². The average molecular weight is 487 g/mol. The SMILES string of the molecule is COC(=O)C[C@H]1CC=C2C3=C(CC[C@@]21C)[C@@]1(C)CC[C@H](O[Si](C)(C)C(C)(C)C)C(C)(C)[C@@H]1CC3. The highest BCUT2D eigenvalue weighted by Gasteiger charge is 2.58. The molecule has 1 saturated carbocycles. The van der Waals surface area contributed by atoms with Gasteiger partial charge >= 0.3 is 5.97 Å². The molecular weight excluding hydrogens is 436 g/mol. The minimum absolute atomic E-state index is 0.0573. The molecule has 5 atom stereocenters. The summed E-state index contributed by atoms with van der Waals surface area (Å²) in [6.45, 7) is 21.9. The van der Waals surface area contributed by atoms with E-state index in [2.05, 4.69) is 67.6 Å². The van der Waals surface area contributed by atoms with Crippen LogP contribution in [0.25, 0.3) is 0 Å². The summed E-state index contributed by atoms with van der Waals surface area (Å²) in [6.07, 6.45) is 11.7. The van der Waals surface area contributed by atoms with Gasteiger partial charge in [0.1, 0.15) is 0 Å². The monoisotopic (exact) mass is 486 g/mol. The molecule has 34 heavy (non-hydrogen) atoms. The smallest absolute Gasteiger partial charge is 0.305 e. The van der Waals surface area contributed by atoms with Gasteiger partial charge in [0.05, 0.1) is 13.2 Å². The predicted octanol–water partition coefficient (Wildman–Crippen LogP) is 8.22. The predicted molar refractivity (Wildman–Crippen MR) is 143 cm³/mol. The van der Waals surface area contributed by atoms with Crippen LogP contribution >= 0.6 is 0 Å². The Hall–Kier alpha value is -0.873. The fourth-order valence-electron chi connectivity index (χ4n) is 8.09. The number of hydrogen-bond donors (Lipinski definition) is 0. The van der Waals surface area contributed by atoms with Gasteiger partial charge in [-0.3, -0.25) is 4.79 Å². The van der Waals surface area contributed by atoms with E-state index in [0.717, 1.165) is 6.42 Å². The van der Waals surface area contributed by atoms with Crippen molar-refractivity contribution in [2.45, 2.75) is 124 Å². The second-order valence-corrected chi connectivity index (χ2v) is 19.2. The van der Waals surface area contributed by atoms with Gasteiger partial charge in [0, 0.05) is 6.42 Å². The molecule has 0 unspecified atom stereocenters. The summed E-state index contributed by atoms with van der Waals surface area (Å²) in [6, 6.07) is 0. The summed E-state index contributed by atoms with van der Waals surface area (Å²) >= 11 is 0. The zero-order valence-corrected chi connectivity index (χ0v) is 24.7. The molecule has 4 aliphatic carbocycles. The van der Waals surface area contributed by atoms with E-state index in [4.69, 9.17) is 9.16 Å². The topological polar surface area (TPSA) is 35.5 Å². The molecule has 0 bridgehead atoms. The maximum atomic E-state index is 12.1. The summed E-state index contributed by atoms with van der Waals surface area (Å²) in [5.74, 6) is 0.998. The van der Waals surface area contributed by atoms with Crippen LogP contribution in [-0.4, -0.2) is 27.5 Å². The third-order valence-electron chi connectivity index (χ3n) is 11.4. The zero-order valence-electron chi connectivity index (χ0n) is 23.7. The number of carbonyl (C=O) groups is 1. The average Bonchev–Trinajstić information content (AvgIpc) is 3.05. The van der Waals surface area contributed by atoms with Gasteiger partial charge in [-0.25, -0.2) is 0 Å². The Bertz CT molecular complexity index is 905. The van der Waals surface area contributed by atoms with E-state index >= 15 is 0 Å². The molecule has 0 aliphatic heterocycles. The van der Waals surface area contributed by atoms with E-state index in [1.165, 1.54) is 45.6 Å². The molecule has 0 amide bonds. The second kappa shape index (κ2) is 8.33. The van der Waals surface area contributed by atoms with Crippen LogP contribution in [0.15, 0.2) is 22.8 Å². The second-order valence-electron chi connectivity index (χ2n) is 14.4. The van der Waals surface area contributed by atoms with Crippen LogP contribution in [0.2, 0.25) is 18.1 Å². The number of carbonyl (C=O) groups excluding carboxylic acids is 1. The molecule has 4 aliphatic rings. The van der Waals surface area contributed by atoms with Crippen LogP contribution in [0.4, 0.5) is 0 Å². The molecule has 0 heterocycles. The minimum Gasteiger partial charge on any atom is -0.469 e. The van der Waals surface area contributed by atoms with Crippen LogP contribution in [0, 0.1) is 28.1 Å². The van der Waals surface area contributed by atoms with Gasteiger partial charge in [0.2, 0.25) is 0 Å². The Balaban J connectivity index is 1.62. The molecule has 3 nitrogen and oxygen atoms in total. The molecule has 192 valence electrons.